The zero-order chi connectivity index (χ0) is 11.0. The first-order valence-electron chi connectivity index (χ1n) is 4.41. The summed E-state index contributed by atoms with van der Waals surface area (Å²) in [5.74, 6) is 0.00739. The molecule has 0 aliphatic heterocycles. The molecule has 78 valence electrons. The number of carbonyl (C=O) groups excluding carboxylic acids is 1. The molecule has 0 spiro atoms. The van der Waals surface area contributed by atoms with Gasteiger partial charge in [-0.3, -0.25) is 4.79 Å². The summed E-state index contributed by atoms with van der Waals surface area (Å²) in [6, 6.07) is 5.64. The predicted octanol–water partition coefficient (Wildman–Crippen LogP) is 4.28. The molecule has 0 N–H and O–H groups in total. The summed E-state index contributed by atoms with van der Waals surface area (Å²) in [4.78, 5) is 12.3. The molecule has 1 aromatic carbocycles. The lowest BCUT2D eigenvalue weighted by atomic mass is 10.1. The van der Waals surface area contributed by atoms with Gasteiger partial charge in [0.15, 0.2) is 5.78 Å². The van der Waals surface area contributed by atoms with Crippen molar-refractivity contribution in [3.8, 4) is 0 Å². The minimum Gasteiger partial charge on any atom is -0.292 e. The highest BCUT2D eigenvalue weighted by atomic mass is 35.5. The van der Waals surface area contributed by atoms with Crippen LogP contribution in [0.1, 0.15) is 15.2 Å². The number of rotatable bonds is 2. The van der Waals surface area contributed by atoms with Gasteiger partial charge in [-0.1, -0.05) is 11.6 Å². The molecule has 0 atom stereocenters. The molecular formula is C11H8Cl2OS. The summed E-state index contributed by atoms with van der Waals surface area (Å²) in [5, 5.41) is 1.73. The summed E-state index contributed by atoms with van der Waals surface area (Å²) in [6.45, 7) is 1.93. The Labute approximate surface area is 102 Å². The fourth-order valence-corrected chi connectivity index (χ4v) is 3.03. The van der Waals surface area contributed by atoms with Crippen LogP contribution in [0.2, 0.25) is 5.02 Å². The summed E-state index contributed by atoms with van der Waals surface area (Å²) in [6.07, 6.45) is 0. The molecule has 15 heavy (non-hydrogen) atoms. The SMILES string of the molecule is Cc1c(C(=O)CCl)sc2ccc(Cl)cc12. The largest absolute Gasteiger partial charge is 0.292 e. The van der Waals surface area contributed by atoms with Crippen LogP contribution in [0, 0.1) is 6.92 Å². The van der Waals surface area contributed by atoms with E-state index in [2.05, 4.69) is 0 Å². The third kappa shape index (κ3) is 1.89. The molecule has 0 unspecified atom stereocenters. The number of fused-ring (bicyclic) bond motifs is 1. The van der Waals surface area contributed by atoms with E-state index in [4.69, 9.17) is 23.2 Å². The van der Waals surface area contributed by atoms with Crippen LogP contribution in [0.4, 0.5) is 0 Å². The lowest BCUT2D eigenvalue weighted by Gasteiger charge is -1.94. The predicted molar refractivity (Wildman–Crippen MR) is 66.6 cm³/mol. The zero-order valence-electron chi connectivity index (χ0n) is 8.01. The second-order valence-electron chi connectivity index (χ2n) is 3.25. The van der Waals surface area contributed by atoms with Crippen LogP contribution >= 0.6 is 34.5 Å². The third-order valence-corrected chi connectivity index (χ3v) is 4.06. The smallest absolute Gasteiger partial charge is 0.187 e. The quantitative estimate of drug-likeness (QED) is 0.581. The maximum absolute atomic E-state index is 11.5. The average Bonchev–Trinajstić information content (AvgIpc) is 2.55. The number of benzene rings is 1. The van der Waals surface area contributed by atoms with Gasteiger partial charge in [0.25, 0.3) is 0 Å². The van der Waals surface area contributed by atoms with E-state index in [9.17, 15) is 4.79 Å². The van der Waals surface area contributed by atoms with E-state index >= 15 is 0 Å². The number of hydrogen-bond acceptors (Lipinski definition) is 2. The second kappa shape index (κ2) is 4.12. The van der Waals surface area contributed by atoms with Crippen molar-refractivity contribution in [2.45, 2.75) is 6.92 Å². The van der Waals surface area contributed by atoms with Crippen molar-refractivity contribution in [2.24, 2.45) is 0 Å². The van der Waals surface area contributed by atoms with Crippen LogP contribution in [0.5, 0.6) is 0 Å². The van der Waals surface area contributed by atoms with Gasteiger partial charge in [0.05, 0.1) is 10.8 Å². The lowest BCUT2D eigenvalue weighted by molar-refractivity contribution is 0.102. The lowest BCUT2D eigenvalue weighted by Crippen LogP contribution is -1.98. The Kier molecular flexibility index (Phi) is 3.01. The molecule has 2 aromatic rings. The first-order chi connectivity index (χ1) is 7.13. The minimum absolute atomic E-state index is 0.0218. The van der Waals surface area contributed by atoms with Gasteiger partial charge in [0, 0.05) is 9.72 Å². The summed E-state index contributed by atoms with van der Waals surface area (Å²) >= 11 is 12.9. The van der Waals surface area contributed by atoms with Crippen LogP contribution in [0.15, 0.2) is 18.2 Å². The Morgan fingerprint density at radius 2 is 2.20 bits per heavy atom. The number of carbonyl (C=O) groups is 1. The molecule has 0 saturated heterocycles. The molecular weight excluding hydrogens is 251 g/mol. The average molecular weight is 259 g/mol. The Bertz CT molecular complexity index is 531. The van der Waals surface area contributed by atoms with Gasteiger partial charge in [-0.25, -0.2) is 0 Å². The van der Waals surface area contributed by atoms with Gasteiger partial charge in [-0.15, -0.1) is 22.9 Å². The molecule has 0 saturated carbocycles. The van der Waals surface area contributed by atoms with E-state index in [0.717, 1.165) is 20.5 Å². The van der Waals surface area contributed by atoms with Crippen molar-refractivity contribution >= 4 is 50.4 Å². The van der Waals surface area contributed by atoms with Gasteiger partial charge in [-0.05, 0) is 36.1 Å². The molecule has 0 radical (unpaired) electrons. The van der Waals surface area contributed by atoms with E-state index in [0.29, 0.717) is 5.02 Å². The highest BCUT2D eigenvalue weighted by Gasteiger charge is 2.14. The van der Waals surface area contributed by atoms with Gasteiger partial charge in [0.1, 0.15) is 0 Å². The molecule has 0 aliphatic carbocycles. The van der Waals surface area contributed by atoms with Crippen molar-refractivity contribution < 1.29 is 4.79 Å². The molecule has 2 rings (SSSR count). The van der Waals surface area contributed by atoms with Crippen LogP contribution in [-0.2, 0) is 0 Å². The van der Waals surface area contributed by atoms with Crippen molar-refractivity contribution in [1.82, 2.24) is 0 Å². The van der Waals surface area contributed by atoms with Crippen molar-refractivity contribution in [3.05, 3.63) is 33.7 Å². The Morgan fingerprint density at radius 1 is 1.47 bits per heavy atom. The van der Waals surface area contributed by atoms with E-state index in [-0.39, 0.29) is 11.7 Å². The number of ketones is 1. The van der Waals surface area contributed by atoms with Gasteiger partial charge >= 0.3 is 0 Å². The molecule has 1 heterocycles. The Morgan fingerprint density at radius 3 is 2.87 bits per heavy atom. The van der Waals surface area contributed by atoms with E-state index in [1.807, 2.05) is 25.1 Å². The summed E-state index contributed by atoms with van der Waals surface area (Å²) in [5.41, 5.74) is 0.975. The highest BCUT2D eigenvalue weighted by molar-refractivity contribution is 7.21. The van der Waals surface area contributed by atoms with E-state index in [1.54, 1.807) is 0 Å². The monoisotopic (exact) mass is 258 g/mol. The summed E-state index contributed by atoms with van der Waals surface area (Å²) in [7, 11) is 0. The van der Waals surface area contributed by atoms with E-state index in [1.165, 1.54) is 11.3 Å². The topological polar surface area (TPSA) is 17.1 Å². The van der Waals surface area contributed by atoms with Crippen molar-refractivity contribution in [2.75, 3.05) is 5.88 Å². The number of halogens is 2. The minimum atomic E-state index is -0.0218. The van der Waals surface area contributed by atoms with Crippen LogP contribution in [-0.4, -0.2) is 11.7 Å². The fourth-order valence-electron chi connectivity index (χ4n) is 1.52. The van der Waals surface area contributed by atoms with E-state index < -0.39 is 0 Å². The van der Waals surface area contributed by atoms with Crippen LogP contribution < -0.4 is 0 Å². The van der Waals surface area contributed by atoms with Crippen molar-refractivity contribution in [3.63, 3.8) is 0 Å². The zero-order valence-corrected chi connectivity index (χ0v) is 10.3. The molecule has 0 aliphatic rings. The molecule has 0 fully saturated rings. The normalized spacial score (nSPS) is 10.9. The number of aryl methyl sites for hydroxylation is 1. The number of alkyl halides is 1. The fraction of sp³-hybridized carbons (Fsp3) is 0.182. The van der Waals surface area contributed by atoms with Gasteiger partial charge < -0.3 is 0 Å². The first kappa shape index (κ1) is 10.9. The maximum atomic E-state index is 11.5. The van der Waals surface area contributed by atoms with Crippen LogP contribution in [0.25, 0.3) is 10.1 Å². The number of thiophene rings is 1. The third-order valence-electron chi connectivity index (χ3n) is 2.27. The molecule has 4 heteroatoms. The van der Waals surface area contributed by atoms with Crippen LogP contribution in [0.3, 0.4) is 0 Å². The first-order valence-corrected chi connectivity index (χ1v) is 6.14. The van der Waals surface area contributed by atoms with Gasteiger partial charge in [0.2, 0.25) is 0 Å². The number of hydrogen-bond donors (Lipinski definition) is 0. The Balaban J connectivity index is 2.69. The second-order valence-corrected chi connectivity index (χ2v) is 5.01. The summed E-state index contributed by atoms with van der Waals surface area (Å²) < 4.78 is 1.07. The molecule has 1 aromatic heterocycles. The molecule has 1 nitrogen and oxygen atoms in total. The Hall–Kier alpha value is -0.570. The number of Topliss-reactive ketones (excluding diaryl/α,β-unsaturated/α-hetero) is 1. The maximum Gasteiger partial charge on any atom is 0.187 e. The highest BCUT2D eigenvalue weighted by Crippen LogP contribution is 2.32. The molecule has 0 amide bonds. The van der Waals surface area contributed by atoms with Crippen molar-refractivity contribution in [1.29, 1.82) is 0 Å². The van der Waals surface area contributed by atoms with Gasteiger partial charge in [-0.2, -0.15) is 0 Å². The standard InChI is InChI=1S/C11H8Cl2OS/c1-6-8-4-7(13)2-3-10(8)15-11(6)9(14)5-12/h2-4H,5H2,1H3. The molecule has 0 bridgehead atoms.